The van der Waals surface area contributed by atoms with Gasteiger partial charge in [0.05, 0.1) is 6.54 Å². The van der Waals surface area contributed by atoms with E-state index in [-0.39, 0.29) is 43.1 Å². The van der Waals surface area contributed by atoms with E-state index < -0.39 is 11.7 Å². The summed E-state index contributed by atoms with van der Waals surface area (Å²) < 4.78 is 5.15. The number of nitrogens with zero attached hydrogens (tertiary/aromatic N) is 1. The molecule has 0 aromatic heterocycles. The van der Waals surface area contributed by atoms with Crippen molar-refractivity contribution < 1.29 is 23.9 Å². The zero-order chi connectivity index (χ0) is 23.6. The highest BCUT2D eigenvalue weighted by molar-refractivity contribution is 5.96. The maximum absolute atomic E-state index is 12.3. The maximum Gasteiger partial charge on any atom is 0.407 e. The van der Waals surface area contributed by atoms with Gasteiger partial charge in [0.15, 0.2) is 0 Å². The summed E-state index contributed by atoms with van der Waals surface area (Å²) in [6, 6.07) is 8.74. The van der Waals surface area contributed by atoms with Crippen LogP contribution < -0.4 is 16.0 Å². The van der Waals surface area contributed by atoms with Gasteiger partial charge in [-0.15, -0.1) is 0 Å². The smallest absolute Gasteiger partial charge is 0.407 e. The van der Waals surface area contributed by atoms with Crippen LogP contribution in [-0.2, 0) is 14.3 Å². The van der Waals surface area contributed by atoms with Crippen molar-refractivity contribution in [2.24, 2.45) is 5.92 Å². The second-order valence-electron chi connectivity index (χ2n) is 8.86. The third-order valence-corrected chi connectivity index (χ3v) is 5.01. The molecule has 1 aliphatic heterocycles. The SMILES string of the molecule is CC(C)(C)OC(=O)NCCC(=O)N1CCC(CNC(=O)CNC(=O)c2ccccc2)CC1. The van der Waals surface area contributed by atoms with Gasteiger partial charge in [0.25, 0.3) is 5.91 Å². The van der Waals surface area contributed by atoms with Gasteiger partial charge in [-0.2, -0.15) is 0 Å². The molecule has 176 valence electrons. The highest BCUT2D eigenvalue weighted by Crippen LogP contribution is 2.17. The van der Waals surface area contributed by atoms with E-state index in [1.807, 2.05) is 6.07 Å². The second kappa shape index (κ2) is 12.1. The largest absolute Gasteiger partial charge is 0.444 e. The Balaban J connectivity index is 1.58. The van der Waals surface area contributed by atoms with Crippen molar-refractivity contribution in [3.8, 4) is 0 Å². The zero-order valence-corrected chi connectivity index (χ0v) is 19.1. The standard InChI is InChI=1S/C23H34N4O5/c1-23(2,3)32-22(31)24-12-9-20(29)27-13-10-17(11-14-27)15-25-19(28)16-26-21(30)18-7-5-4-6-8-18/h4-8,17H,9-16H2,1-3H3,(H,24,31)(H,25,28)(H,26,30). The van der Waals surface area contributed by atoms with E-state index in [1.165, 1.54) is 0 Å². The van der Waals surface area contributed by atoms with Crippen molar-refractivity contribution >= 4 is 23.8 Å². The molecule has 4 amide bonds. The van der Waals surface area contributed by atoms with Crippen molar-refractivity contribution in [3.63, 3.8) is 0 Å². The lowest BCUT2D eigenvalue weighted by molar-refractivity contribution is -0.132. The van der Waals surface area contributed by atoms with Crippen molar-refractivity contribution in [1.29, 1.82) is 0 Å². The number of nitrogens with one attached hydrogen (secondary N) is 3. The Bertz CT molecular complexity index is 783. The zero-order valence-electron chi connectivity index (χ0n) is 19.1. The number of benzene rings is 1. The van der Waals surface area contributed by atoms with Crippen LogP contribution in [0.4, 0.5) is 4.79 Å². The molecular formula is C23H34N4O5. The Morgan fingerprint density at radius 1 is 1.00 bits per heavy atom. The van der Waals surface area contributed by atoms with Crippen LogP contribution in [0.1, 0.15) is 50.4 Å². The van der Waals surface area contributed by atoms with Crippen molar-refractivity contribution in [2.45, 2.75) is 45.6 Å². The number of carbonyl (C=O) groups excluding carboxylic acids is 4. The van der Waals surface area contributed by atoms with Gasteiger partial charge in [-0.1, -0.05) is 18.2 Å². The summed E-state index contributed by atoms with van der Waals surface area (Å²) in [4.78, 5) is 49.7. The molecule has 0 aliphatic carbocycles. The molecule has 9 nitrogen and oxygen atoms in total. The Morgan fingerprint density at radius 2 is 1.66 bits per heavy atom. The fourth-order valence-corrected chi connectivity index (χ4v) is 3.30. The molecule has 0 bridgehead atoms. The minimum absolute atomic E-state index is 0.00725. The third-order valence-electron chi connectivity index (χ3n) is 5.01. The highest BCUT2D eigenvalue weighted by atomic mass is 16.6. The first kappa shape index (κ1) is 25.2. The monoisotopic (exact) mass is 446 g/mol. The molecule has 0 radical (unpaired) electrons. The average Bonchev–Trinajstić information content (AvgIpc) is 2.75. The van der Waals surface area contributed by atoms with E-state index in [2.05, 4.69) is 16.0 Å². The summed E-state index contributed by atoms with van der Waals surface area (Å²) in [5.41, 5.74) is -0.0579. The Kier molecular flexibility index (Phi) is 9.49. The number of amides is 4. The lowest BCUT2D eigenvalue weighted by atomic mass is 9.96. The van der Waals surface area contributed by atoms with Gasteiger partial charge in [0.2, 0.25) is 11.8 Å². The summed E-state index contributed by atoms with van der Waals surface area (Å²) in [6.45, 7) is 7.27. The van der Waals surface area contributed by atoms with Crippen molar-refractivity contribution in [1.82, 2.24) is 20.9 Å². The van der Waals surface area contributed by atoms with Crippen LogP contribution in [0.15, 0.2) is 30.3 Å². The molecule has 1 aliphatic rings. The van der Waals surface area contributed by atoms with E-state index in [0.29, 0.717) is 25.2 Å². The highest BCUT2D eigenvalue weighted by Gasteiger charge is 2.23. The first-order chi connectivity index (χ1) is 15.1. The van der Waals surface area contributed by atoms with E-state index in [9.17, 15) is 19.2 Å². The van der Waals surface area contributed by atoms with Crippen LogP contribution in [0.5, 0.6) is 0 Å². The third kappa shape index (κ3) is 9.36. The van der Waals surface area contributed by atoms with Gasteiger partial charge in [-0.3, -0.25) is 14.4 Å². The molecule has 1 aromatic carbocycles. The minimum Gasteiger partial charge on any atom is -0.444 e. The summed E-state index contributed by atoms with van der Waals surface area (Å²) in [6.07, 6.45) is 1.28. The molecule has 9 heteroatoms. The molecular weight excluding hydrogens is 412 g/mol. The number of hydrogen-bond acceptors (Lipinski definition) is 5. The summed E-state index contributed by atoms with van der Waals surface area (Å²) in [5, 5.41) is 8.05. The molecule has 1 saturated heterocycles. The van der Waals surface area contributed by atoms with E-state index >= 15 is 0 Å². The summed E-state index contributed by atoms with van der Waals surface area (Å²) >= 11 is 0. The first-order valence-corrected chi connectivity index (χ1v) is 11.0. The molecule has 0 unspecified atom stereocenters. The Labute approximate surface area is 189 Å². The first-order valence-electron chi connectivity index (χ1n) is 11.0. The topological polar surface area (TPSA) is 117 Å². The van der Waals surface area contributed by atoms with E-state index in [4.69, 9.17) is 4.74 Å². The van der Waals surface area contributed by atoms with Crippen LogP contribution in [-0.4, -0.2) is 67.0 Å². The van der Waals surface area contributed by atoms with Gasteiger partial charge in [0, 0.05) is 38.2 Å². The molecule has 0 spiro atoms. The predicted octanol–water partition coefficient (Wildman–Crippen LogP) is 1.69. The van der Waals surface area contributed by atoms with Crippen molar-refractivity contribution in [2.75, 3.05) is 32.7 Å². The Morgan fingerprint density at radius 3 is 2.28 bits per heavy atom. The minimum atomic E-state index is -0.571. The van der Waals surface area contributed by atoms with Crippen LogP contribution in [0.2, 0.25) is 0 Å². The number of ether oxygens (including phenoxy) is 1. The number of carbonyl (C=O) groups is 4. The van der Waals surface area contributed by atoms with E-state index in [0.717, 1.165) is 12.8 Å². The molecule has 32 heavy (non-hydrogen) atoms. The number of likely N-dealkylation sites (tertiary alicyclic amines) is 1. The summed E-state index contributed by atoms with van der Waals surface area (Å²) in [7, 11) is 0. The molecule has 3 N–H and O–H groups in total. The van der Waals surface area contributed by atoms with Gasteiger partial charge >= 0.3 is 6.09 Å². The lowest BCUT2D eigenvalue weighted by Gasteiger charge is -2.32. The average molecular weight is 447 g/mol. The van der Waals surface area contributed by atoms with Crippen molar-refractivity contribution in [3.05, 3.63) is 35.9 Å². The molecule has 1 heterocycles. The molecule has 1 aromatic rings. The maximum atomic E-state index is 12.3. The lowest BCUT2D eigenvalue weighted by Crippen LogP contribution is -2.44. The van der Waals surface area contributed by atoms with Crippen LogP contribution in [0, 0.1) is 5.92 Å². The Hall–Kier alpha value is -3.10. The summed E-state index contributed by atoms with van der Waals surface area (Å²) in [5.74, 6) is -0.241. The van der Waals surface area contributed by atoms with Gasteiger partial charge in [-0.05, 0) is 51.7 Å². The number of piperidine rings is 1. The molecule has 1 fully saturated rings. The van der Waals surface area contributed by atoms with Gasteiger partial charge in [-0.25, -0.2) is 4.79 Å². The normalized spacial score (nSPS) is 14.4. The predicted molar refractivity (Wildman–Crippen MR) is 120 cm³/mol. The fraction of sp³-hybridized carbons (Fsp3) is 0.565. The van der Waals surface area contributed by atoms with Crippen LogP contribution >= 0.6 is 0 Å². The second-order valence-corrected chi connectivity index (χ2v) is 8.86. The number of hydrogen-bond donors (Lipinski definition) is 3. The van der Waals surface area contributed by atoms with Crippen LogP contribution in [0.25, 0.3) is 0 Å². The quantitative estimate of drug-likeness (QED) is 0.562. The fourth-order valence-electron chi connectivity index (χ4n) is 3.30. The van der Waals surface area contributed by atoms with E-state index in [1.54, 1.807) is 49.9 Å². The van der Waals surface area contributed by atoms with Gasteiger partial charge in [0.1, 0.15) is 5.60 Å². The number of rotatable bonds is 8. The van der Waals surface area contributed by atoms with Crippen LogP contribution in [0.3, 0.4) is 0 Å². The molecule has 2 rings (SSSR count). The number of alkyl carbamates (subject to hydrolysis) is 1. The molecule has 0 saturated carbocycles. The van der Waals surface area contributed by atoms with Gasteiger partial charge < -0.3 is 25.6 Å². The molecule has 0 atom stereocenters.